The number of rotatable bonds is 6. The van der Waals surface area contributed by atoms with Gasteiger partial charge >= 0.3 is 6.09 Å². The number of hydrogen-bond acceptors (Lipinski definition) is 5. The standard InChI is InChI=1S/C23H30N4O4/c1-23(2,3)31-22(28)27-18-8-5-16(6-9-18)11-12-25-21(24-4)26-14-17-7-10-19-20(13-17)30-15-29-19/h5-10,13H,11-12,14-15H2,1-4H3,(H,27,28)(H2,24,25,26). The van der Waals surface area contributed by atoms with E-state index in [0.717, 1.165) is 41.6 Å². The summed E-state index contributed by atoms with van der Waals surface area (Å²) >= 11 is 0. The van der Waals surface area contributed by atoms with Gasteiger partial charge < -0.3 is 24.8 Å². The molecule has 0 spiro atoms. The molecule has 1 aliphatic rings. The zero-order valence-electron chi connectivity index (χ0n) is 18.5. The van der Waals surface area contributed by atoms with Crippen LogP contribution in [-0.4, -0.2) is 38.0 Å². The Hall–Kier alpha value is -3.42. The molecule has 31 heavy (non-hydrogen) atoms. The first-order valence-corrected chi connectivity index (χ1v) is 10.2. The fourth-order valence-corrected chi connectivity index (χ4v) is 2.96. The number of benzene rings is 2. The van der Waals surface area contributed by atoms with Crippen LogP contribution in [0.3, 0.4) is 0 Å². The van der Waals surface area contributed by atoms with E-state index in [2.05, 4.69) is 20.9 Å². The highest BCUT2D eigenvalue weighted by Crippen LogP contribution is 2.32. The van der Waals surface area contributed by atoms with Gasteiger partial charge in [0.15, 0.2) is 17.5 Å². The minimum atomic E-state index is -0.523. The van der Waals surface area contributed by atoms with Gasteiger partial charge in [-0.15, -0.1) is 0 Å². The van der Waals surface area contributed by atoms with Gasteiger partial charge in [-0.1, -0.05) is 18.2 Å². The minimum absolute atomic E-state index is 0.271. The molecule has 0 bridgehead atoms. The van der Waals surface area contributed by atoms with Crippen molar-refractivity contribution in [1.29, 1.82) is 0 Å². The molecule has 0 saturated heterocycles. The highest BCUT2D eigenvalue weighted by molar-refractivity contribution is 5.84. The van der Waals surface area contributed by atoms with Crippen molar-refractivity contribution in [3.05, 3.63) is 53.6 Å². The third kappa shape index (κ3) is 7.09. The molecule has 8 heteroatoms. The maximum Gasteiger partial charge on any atom is 0.412 e. The van der Waals surface area contributed by atoms with Crippen LogP contribution < -0.4 is 25.4 Å². The van der Waals surface area contributed by atoms with E-state index >= 15 is 0 Å². The molecule has 0 aliphatic carbocycles. The fourth-order valence-electron chi connectivity index (χ4n) is 2.96. The summed E-state index contributed by atoms with van der Waals surface area (Å²) in [6.07, 6.45) is 0.358. The smallest absolute Gasteiger partial charge is 0.412 e. The van der Waals surface area contributed by atoms with Gasteiger partial charge in [0.25, 0.3) is 0 Å². The number of amides is 1. The molecule has 0 fully saturated rings. The molecule has 3 rings (SSSR count). The minimum Gasteiger partial charge on any atom is -0.454 e. The van der Waals surface area contributed by atoms with Gasteiger partial charge in [-0.2, -0.15) is 0 Å². The van der Waals surface area contributed by atoms with Crippen LogP contribution in [0.15, 0.2) is 47.5 Å². The van der Waals surface area contributed by atoms with Gasteiger partial charge in [0, 0.05) is 25.8 Å². The Morgan fingerprint density at radius 1 is 1.03 bits per heavy atom. The number of fused-ring (bicyclic) bond motifs is 1. The van der Waals surface area contributed by atoms with Crippen LogP contribution in [0.4, 0.5) is 10.5 Å². The summed E-state index contributed by atoms with van der Waals surface area (Å²) in [5.41, 5.74) is 2.41. The Balaban J connectivity index is 1.40. The number of nitrogens with zero attached hydrogens (tertiary/aromatic N) is 1. The second kappa shape index (κ2) is 10.1. The van der Waals surface area contributed by atoms with Gasteiger partial charge in [0.05, 0.1) is 0 Å². The molecule has 2 aromatic carbocycles. The molecule has 2 aromatic rings. The summed E-state index contributed by atoms with van der Waals surface area (Å²) < 4.78 is 16.0. The summed E-state index contributed by atoms with van der Waals surface area (Å²) in [6, 6.07) is 13.6. The van der Waals surface area contributed by atoms with Gasteiger partial charge in [-0.25, -0.2) is 4.79 Å². The highest BCUT2D eigenvalue weighted by Gasteiger charge is 2.16. The molecule has 1 heterocycles. The van der Waals surface area contributed by atoms with E-state index in [4.69, 9.17) is 14.2 Å². The maximum absolute atomic E-state index is 11.8. The number of ether oxygens (including phenoxy) is 3. The van der Waals surface area contributed by atoms with E-state index in [9.17, 15) is 4.79 Å². The van der Waals surface area contributed by atoms with Crippen molar-refractivity contribution < 1.29 is 19.0 Å². The molecular formula is C23H30N4O4. The molecule has 0 aromatic heterocycles. The molecule has 3 N–H and O–H groups in total. The van der Waals surface area contributed by atoms with E-state index in [1.807, 2.05) is 63.2 Å². The number of anilines is 1. The van der Waals surface area contributed by atoms with E-state index in [-0.39, 0.29) is 6.79 Å². The second-order valence-corrected chi connectivity index (χ2v) is 8.11. The van der Waals surface area contributed by atoms with Crippen LogP contribution in [0.25, 0.3) is 0 Å². The Morgan fingerprint density at radius 3 is 2.45 bits per heavy atom. The van der Waals surface area contributed by atoms with Crippen molar-refractivity contribution in [1.82, 2.24) is 10.6 Å². The molecule has 0 atom stereocenters. The Kier molecular flexibility index (Phi) is 7.23. The summed E-state index contributed by atoms with van der Waals surface area (Å²) in [7, 11) is 1.74. The van der Waals surface area contributed by atoms with Crippen molar-refractivity contribution >= 4 is 17.7 Å². The van der Waals surface area contributed by atoms with Crippen molar-refractivity contribution in [2.45, 2.75) is 39.3 Å². The number of guanidine groups is 1. The van der Waals surface area contributed by atoms with Crippen molar-refractivity contribution in [2.75, 3.05) is 25.7 Å². The lowest BCUT2D eigenvalue weighted by Gasteiger charge is -2.19. The van der Waals surface area contributed by atoms with Crippen LogP contribution in [-0.2, 0) is 17.7 Å². The number of nitrogens with one attached hydrogen (secondary N) is 3. The van der Waals surface area contributed by atoms with Crippen LogP contribution >= 0.6 is 0 Å². The first-order valence-electron chi connectivity index (χ1n) is 10.2. The summed E-state index contributed by atoms with van der Waals surface area (Å²) in [5.74, 6) is 2.27. The average molecular weight is 427 g/mol. The fraction of sp³-hybridized carbons (Fsp3) is 0.391. The molecule has 8 nitrogen and oxygen atoms in total. The van der Waals surface area contributed by atoms with Crippen LogP contribution in [0.1, 0.15) is 31.9 Å². The SMILES string of the molecule is CN=C(NCCc1ccc(NC(=O)OC(C)(C)C)cc1)NCc1ccc2c(c1)OCO2. The van der Waals surface area contributed by atoms with Crippen LogP contribution in [0.2, 0.25) is 0 Å². The van der Waals surface area contributed by atoms with Crippen molar-refractivity contribution in [2.24, 2.45) is 4.99 Å². The highest BCUT2D eigenvalue weighted by atomic mass is 16.7. The molecule has 0 radical (unpaired) electrons. The normalized spacial score (nSPS) is 13.0. The van der Waals surface area contributed by atoms with Crippen LogP contribution in [0.5, 0.6) is 11.5 Å². The lowest BCUT2D eigenvalue weighted by atomic mass is 10.1. The Morgan fingerprint density at radius 2 is 1.74 bits per heavy atom. The molecule has 166 valence electrons. The van der Waals surface area contributed by atoms with Crippen molar-refractivity contribution in [3.8, 4) is 11.5 Å². The third-order valence-corrected chi connectivity index (χ3v) is 4.43. The number of carbonyl (C=O) groups excluding carboxylic acids is 1. The Labute approximate surface area is 183 Å². The molecule has 1 amide bonds. The van der Waals surface area contributed by atoms with E-state index < -0.39 is 11.7 Å². The van der Waals surface area contributed by atoms with Gasteiger partial charge in [-0.3, -0.25) is 10.3 Å². The van der Waals surface area contributed by atoms with E-state index in [1.165, 1.54) is 0 Å². The third-order valence-electron chi connectivity index (χ3n) is 4.43. The number of hydrogen-bond donors (Lipinski definition) is 3. The van der Waals surface area contributed by atoms with Crippen molar-refractivity contribution in [3.63, 3.8) is 0 Å². The van der Waals surface area contributed by atoms with E-state index in [0.29, 0.717) is 12.2 Å². The number of aliphatic imine (C=N–C) groups is 1. The quantitative estimate of drug-likeness (QED) is 0.482. The first kappa shape index (κ1) is 22.3. The molecule has 0 saturated carbocycles. The summed E-state index contributed by atoms with van der Waals surface area (Å²) in [5, 5.41) is 9.33. The predicted octanol–water partition coefficient (Wildman–Crippen LogP) is 3.67. The van der Waals surface area contributed by atoms with Crippen LogP contribution in [0, 0.1) is 0 Å². The summed E-state index contributed by atoms with van der Waals surface area (Å²) in [6.45, 7) is 7.12. The molecular weight excluding hydrogens is 396 g/mol. The monoisotopic (exact) mass is 426 g/mol. The second-order valence-electron chi connectivity index (χ2n) is 8.11. The Bertz CT molecular complexity index is 920. The largest absolute Gasteiger partial charge is 0.454 e. The molecule has 1 aliphatic heterocycles. The van der Waals surface area contributed by atoms with Gasteiger partial charge in [-0.05, 0) is 62.6 Å². The molecule has 0 unspecified atom stereocenters. The maximum atomic E-state index is 11.8. The lowest BCUT2D eigenvalue weighted by molar-refractivity contribution is 0.0636. The predicted molar refractivity (Wildman–Crippen MR) is 121 cm³/mol. The lowest BCUT2D eigenvalue weighted by Crippen LogP contribution is -2.37. The van der Waals surface area contributed by atoms with Gasteiger partial charge in [0.1, 0.15) is 5.60 Å². The van der Waals surface area contributed by atoms with E-state index in [1.54, 1.807) is 7.05 Å². The first-order chi connectivity index (χ1) is 14.8. The number of carbonyl (C=O) groups is 1. The average Bonchev–Trinajstić information content (AvgIpc) is 3.18. The zero-order chi connectivity index (χ0) is 22.3. The zero-order valence-corrected chi connectivity index (χ0v) is 18.5. The topological polar surface area (TPSA) is 93.2 Å². The summed E-state index contributed by atoms with van der Waals surface area (Å²) in [4.78, 5) is 16.1. The van der Waals surface area contributed by atoms with Gasteiger partial charge in [0.2, 0.25) is 6.79 Å².